The molecule has 2 N–H and O–H groups in total. The summed E-state index contributed by atoms with van der Waals surface area (Å²) >= 11 is 11.0. The first-order chi connectivity index (χ1) is 9.65. The minimum absolute atomic E-state index is 0.112. The van der Waals surface area contributed by atoms with Gasteiger partial charge in [0.05, 0.1) is 0 Å². The molecule has 2 aromatic carbocycles. The molecule has 0 aliphatic carbocycles. The number of hydrogen-bond acceptors (Lipinski definition) is 2. The van der Waals surface area contributed by atoms with Crippen LogP contribution in [0.1, 0.15) is 0 Å². The maximum absolute atomic E-state index is 11.4. The average molecular weight is 311 g/mol. The summed E-state index contributed by atoms with van der Waals surface area (Å²) in [5, 5.41) is 7.07. The van der Waals surface area contributed by atoms with Crippen molar-refractivity contribution in [1.29, 1.82) is 0 Å². The van der Waals surface area contributed by atoms with Gasteiger partial charge in [0.25, 0.3) is 0 Å². The van der Waals surface area contributed by atoms with Gasteiger partial charge in [-0.3, -0.25) is 9.59 Å². The molecule has 0 aromatic heterocycles. The molecule has 0 bridgehead atoms. The fraction of sp³-hybridized carbons (Fsp3) is 0.143. The fourth-order valence-corrected chi connectivity index (χ4v) is 2.03. The van der Waals surface area contributed by atoms with Crippen molar-refractivity contribution >= 4 is 57.2 Å². The third-order valence-corrected chi connectivity index (χ3v) is 3.20. The normalized spacial score (nSPS) is 10.3. The number of carbonyl (C=O) groups excluding carboxylic acids is 2. The first-order valence-corrected chi connectivity index (χ1v) is 6.96. The lowest BCUT2D eigenvalue weighted by Gasteiger charge is -2.11. The topological polar surface area (TPSA) is 58.2 Å². The minimum atomic E-state index is -0.283. The van der Waals surface area contributed by atoms with Crippen molar-refractivity contribution in [3.8, 4) is 0 Å². The number of fused-ring (bicyclic) bond motifs is 1. The largest absolute Gasteiger partial charge is 0.324 e. The predicted molar refractivity (Wildman–Crippen MR) is 82.6 cm³/mol. The molecule has 0 radical (unpaired) electrons. The smallest absolute Gasteiger partial charge is 0.239 e. The van der Waals surface area contributed by atoms with E-state index in [1.165, 1.54) is 0 Å². The summed E-state index contributed by atoms with van der Waals surface area (Å²) in [5.74, 6) is -0.790. The molecule has 0 aliphatic rings. The van der Waals surface area contributed by atoms with Gasteiger partial charge in [-0.2, -0.15) is 0 Å². The van der Waals surface area contributed by atoms with Crippen LogP contribution in [0.4, 0.5) is 11.4 Å². The summed E-state index contributed by atoms with van der Waals surface area (Å²) in [5.41, 5.74) is 1.30. The van der Waals surface area contributed by atoms with E-state index < -0.39 is 0 Å². The first kappa shape index (κ1) is 14.6. The second kappa shape index (κ2) is 6.59. The van der Waals surface area contributed by atoms with Crippen LogP contribution in [0.15, 0.2) is 36.4 Å². The van der Waals surface area contributed by atoms with Gasteiger partial charge in [-0.05, 0) is 12.1 Å². The van der Waals surface area contributed by atoms with Crippen LogP contribution in [-0.4, -0.2) is 23.6 Å². The summed E-state index contributed by atoms with van der Waals surface area (Å²) in [6.45, 7) is 0. The van der Waals surface area contributed by atoms with Crippen molar-refractivity contribution < 1.29 is 9.59 Å². The number of halogens is 2. The third-order valence-electron chi connectivity index (χ3n) is 2.71. The molecule has 0 aliphatic heterocycles. The molecule has 2 aromatic rings. The highest BCUT2D eigenvalue weighted by Crippen LogP contribution is 2.29. The molecular weight excluding hydrogens is 299 g/mol. The number of nitrogens with one attached hydrogen (secondary N) is 2. The molecule has 0 unspecified atom stereocenters. The first-order valence-electron chi connectivity index (χ1n) is 5.89. The highest BCUT2D eigenvalue weighted by Gasteiger charge is 2.08. The van der Waals surface area contributed by atoms with Gasteiger partial charge in [0, 0.05) is 22.1 Å². The summed E-state index contributed by atoms with van der Waals surface area (Å²) in [7, 11) is 0. The maximum atomic E-state index is 11.4. The van der Waals surface area contributed by atoms with E-state index in [1.54, 1.807) is 24.3 Å². The quantitative estimate of drug-likeness (QED) is 0.852. The highest BCUT2D eigenvalue weighted by molar-refractivity contribution is 6.30. The Hall–Kier alpha value is -1.78. The van der Waals surface area contributed by atoms with Gasteiger partial charge < -0.3 is 10.6 Å². The van der Waals surface area contributed by atoms with Gasteiger partial charge in [-0.25, -0.2) is 0 Å². The highest BCUT2D eigenvalue weighted by atomic mass is 35.5. The molecule has 0 atom stereocenters. The zero-order valence-electron chi connectivity index (χ0n) is 10.5. The number of alkyl halides is 2. The van der Waals surface area contributed by atoms with E-state index in [1.807, 2.05) is 12.1 Å². The predicted octanol–water partition coefficient (Wildman–Crippen LogP) is 3.19. The summed E-state index contributed by atoms with van der Waals surface area (Å²) in [6.07, 6.45) is 0. The van der Waals surface area contributed by atoms with Crippen LogP contribution < -0.4 is 10.6 Å². The number of carbonyl (C=O) groups is 2. The van der Waals surface area contributed by atoms with Crippen molar-refractivity contribution in [3.05, 3.63) is 36.4 Å². The van der Waals surface area contributed by atoms with Crippen LogP contribution >= 0.6 is 23.2 Å². The number of amides is 2. The molecule has 0 saturated carbocycles. The van der Waals surface area contributed by atoms with E-state index in [2.05, 4.69) is 10.6 Å². The van der Waals surface area contributed by atoms with E-state index in [9.17, 15) is 9.59 Å². The van der Waals surface area contributed by atoms with Gasteiger partial charge in [0.15, 0.2) is 0 Å². The fourth-order valence-electron chi connectivity index (χ4n) is 1.90. The summed E-state index contributed by atoms with van der Waals surface area (Å²) in [4.78, 5) is 22.8. The van der Waals surface area contributed by atoms with Crippen LogP contribution in [0.25, 0.3) is 10.8 Å². The van der Waals surface area contributed by atoms with E-state index >= 15 is 0 Å². The zero-order valence-corrected chi connectivity index (χ0v) is 12.0. The van der Waals surface area contributed by atoms with E-state index in [0.717, 1.165) is 10.8 Å². The number of rotatable bonds is 4. The van der Waals surface area contributed by atoms with Gasteiger partial charge in [-0.15, -0.1) is 23.2 Å². The number of hydrogen-bond donors (Lipinski definition) is 2. The zero-order chi connectivity index (χ0) is 14.5. The molecule has 0 saturated heterocycles. The van der Waals surface area contributed by atoms with Crippen LogP contribution in [0.5, 0.6) is 0 Å². The standard InChI is InChI=1S/C14H12Cl2N2O2/c15-7-13(19)17-11-5-1-3-9-10(11)4-2-6-12(9)18-14(20)8-16/h1-6H,7-8H2,(H,17,19)(H,18,20). The van der Waals surface area contributed by atoms with Crippen molar-refractivity contribution in [2.45, 2.75) is 0 Å². The van der Waals surface area contributed by atoms with Crippen LogP contribution in [-0.2, 0) is 9.59 Å². The Labute approximate surface area is 126 Å². The lowest BCUT2D eigenvalue weighted by atomic mass is 10.1. The Kier molecular flexibility index (Phi) is 4.82. The molecule has 2 rings (SSSR count). The number of benzene rings is 2. The van der Waals surface area contributed by atoms with Gasteiger partial charge in [0.1, 0.15) is 11.8 Å². The maximum Gasteiger partial charge on any atom is 0.239 e. The molecule has 0 spiro atoms. The van der Waals surface area contributed by atoms with Crippen LogP contribution in [0.3, 0.4) is 0 Å². The van der Waals surface area contributed by atoms with Crippen LogP contribution in [0, 0.1) is 0 Å². The third kappa shape index (κ3) is 3.21. The van der Waals surface area contributed by atoms with E-state index in [4.69, 9.17) is 23.2 Å². The van der Waals surface area contributed by atoms with Gasteiger partial charge >= 0.3 is 0 Å². The Balaban J connectivity index is 2.46. The van der Waals surface area contributed by atoms with Gasteiger partial charge in [0.2, 0.25) is 11.8 Å². The second-order valence-corrected chi connectivity index (χ2v) is 4.60. The molecule has 0 fully saturated rings. The second-order valence-electron chi connectivity index (χ2n) is 4.07. The molecule has 6 heteroatoms. The lowest BCUT2D eigenvalue weighted by Crippen LogP contribution is -2.14. The SMILES string of the molecule is O=C(CCl)Nc1cccc2c(NC(=O)CCl)cccc12. The number of anilines is 2. The Morgan fingerprint density at radius 1 is 0.800 bits per heavy atom. The van der Waals surface area contributed by atoms with Crippen LogP contribution in [0.2, 0.25) is 0 Å². The minimum Gasteiger partial charge on any atom is -0.324 e. The monoisotopic (exact) mass is 310 g/mol. The molecular formula is C14H12Cl2N2O2. The van der Waals surface area contributed by atoms with Crippen molar-refractivity contribution in [3.63, 3.8) is 0 Å². The molecule has 0 heterocycles. The Morgan fingerprint density at radius 2 is 1.20 bits per heavy atom. The molecule has 104 valence electrons. The van der Waals surface area contributed by atoms with Crippen molar-refractivity contribution in [2.75, 3.05) is 22.4 Å². The van der Waals surface area contributed by atoms with Gasteiger partial charge in [-0.1, -0.05) is 24.3 Å². The Bertz CT molecular complexity index is 601. The molecule has 2 amide bonds. The molecule has 4 nitrogen and oxygen atoms in total. The average Bonchev–Trinajstić information content (AvgIpc) is 2.47. The van der Waals surface area contributed by atoms with E-state index in [-0.39, 0.29) is 23.6 Å². The summed E-state index contributed by atoms with van der Waals surface area (Å²) < 4.78 is 0. The Morgan fingerprint density at radius 3 is 1.55 bits per heavy atom. The lowest BCUT2D eigenvalue weighted by molar-refractivity contribution is -0.114. The summed E-state index contributed by atoms with van der Waals surface area (Å²) in [6, 6.07) is 10.9. The van der Waals surface area contributed by atoms with Crippen molar-refractivity contribution in [1.82, 2.24) is 0 Å². The molecule has 20 heavy (non-hydrogen) atoms. The van der Waals surface area contributed by atoms with Crippen molar-refractivity contribution in [2.24, 2.45) is 0 Å². The van der Waals surface area contributed by atoms with E-state index in [0.29, 0.717) is 11.4 Å².